The number of allylic oxidation sites excluding steroid dienone is 4. The predicted octanol–water partition coefficient (Wildman–Crippen LogP) is 3.26. The van der Waals surface area contributed by atoms with Crippen molar-refractivity contribution in [3.05, 3.63) is 23.8 Å². The minimum Gasteiger partial charge on any atom is -0.243 e. The molecule has 0 aromatic rings. The first kappa shape index (κ1) is 9.41. The van der Waals surface area contributed by atoms with Crippen LogP contribution in [0.1, 0.15) is 27.2 Å². The Morgan fingerprint density at radius 2 is 2.10 bits per heavy atom. The molecule has 0 aromatic carbocycles. The highest BCUT2D eigenvalue weighted by molar-refractivity contribution is 5.21. The van der Waals surface area contributed by atoms with E-state index >= 15 is 0 Å². The third-order valence-electron chi connectivity index (χ3n) is 1.19. The average Bonchev–Trinajstić information content (AvgIpc) is 1.91. The van der Waals surface area contributed by atoms with Gasteiger partial charge in [0.1, 0.15) is 6.17 Å². The van der Waals surface area contributed by atoms with Gasteiger partial charge in [0, 0.05) is 6.42 Å². The molecule has 1 aliphatic rings. The topological polar surface area (TPSA) is 0 Å². The molecule has 10 heavy (non-hydrogen) atoms. The van der Waals surface area contributed by atoms with Crippen molar-refractivity contribution in [3.8, 4) is 0 Å². The van der Waals surface area contributed by atoms with Crippen LogP contribution in [0.2, 0.25) is 0 Å². The summed E-state index contributed by atoms with van der Waals surface area (Å²) in [5.74, 6) is 0. The Morgan fingerprint density at radius 1 is 1.50 bits per heavy atom. The van der Waals surface area contributed by atoms with Crippen LogP contribution in [0.15, 0.2) is 23.8 Å². The van der Waals surface area contributed by atoms with Gasteiger partial charge in [-0.1, -0.05) is 31.6 Å². The molecule has 0 saturated carbocycles. The molecule has 0 fully saturated rings. The zero-order chi connectivity index (χ0) is 7.98. The summed E-state index contributed by atoms with van der Waals surface area (Å²) >= 11 is 0. The highest BCUT2D eigenvalue weighted by atomic mass is 19.1. The second kappa shape index (κ2) is 5.21. The van der Waals surface area contributed by atoms with Crippen molar-refractivity contribution >= 4 is 0 Å². The van der Waals surface area contributed by atoms with Gasteiger partial charge in [-0.15, -0.1) is 0 Å². The van der Waals surface area contributed by atoms with Gasteiger partial charge in [-0.05, 0) is 13.0 Å². The van der Waals surface area contributed by atoms with Gasteiger partial charge >= 0.3 is 0 Å². The standard InChI is InChI=1S/C7H9F.C2H6/c1-6-3-2-4-7(8)5-6;1-2/h2-3,5,7H,4H2,1H3;1-2H3. The van der Waals surface area contributed by atoms with Crippen LogP contribution in [0.5, 0.6) is 0 Å². The van der Waals surface area contributed by atoms with E-state index in [1.54, 1.807) is 6.08 Å². The van der Waals surface area contributed by atoms with Crippen molar-refractivity contribution in [2.75, 3.05) is 0 Å². The zero-order valence-corrected chi connectivity index (χ0v) is 6.89. The molecule has 1 rings (SSSR count). The van der Waals surface area contributed by atoms with Gasteiger partial charge < -0.3 is 0 Å². The summed E-state index contributed by atoms with van der Waals surface area (Å²) in [6, 6.07) is 0. The Morgan fingerprint density at radius 3 is 2.40 bits per heavy atom. The molecule has 0 aliphatic heterocycles. The molecule has 0 bridgehead atoms. The summed E-state index contributed by atoms with van der Waals surface area (Å²) < 4.78 is 12.3. The van der Waals surface area contributed by atoms with E-state index in [0.717, 1.165) is 5.57 Å². The average molecular weight is 142 g/mol. The molecule has 0 heterocycles. The summed E-state index contributed by atoms with van der Waals surface area (Å²) in [7, 11) is 0. The molecule has 0 saturated heterocycles. The maximum atomic E-state index is 12.3. The van der Waals surface area contributed by atoms with E-state index in [-0.39, 0.29) is 0 Å². The number of hydrogen-bond acceptors (Lipinski definition) is 0. The summed E-state index contributed by atoms with van der Waals surface area (Å²) in [5.41, 5.74) is 1.03. The van der Waals surface area contributed by atoms with E-state index in [2.05, 4.69) is 0 Å². The molecule has 0 aromatic heterocycles. The molecular formula is C9H15F. The zero-order valence-electron chi connectivity index (χ0n) is 6.89. The predicted molar refractivity (Wildman–Crippen MR) is 43.8 cm³/mol. The number of halogens is 1. The second-order valence-electron chi connectivity index (χ2n) is 2.06. The lowest BCUT2D eigenvalue weighted by Gasteiger charge is -2.03. The third kappa shape index (κ3) is 3.44. The minimum absolute atomic E-state index is 0.553. The quantitative estimate of drug-likeness (QED) is 0.487. The van der Waals surface area contributed by atoms with E-state index in [1.807, 2.05) is 32.9 Å². The van der Waals surface area contributed by atoms with E-state index in [9.17, 15) is 4.39 Å². The highest BCUT2D eigenvalue weighted by Gasteiger charge is 2.02. The second-order valence-corrected chi connectivity index (χ2v) is 2.06. The lowest BCUT2D eigenvalue weighted by Crippen LogP contribution is -1.96. The Bertz CT molecular complexity index is 134. The van der Waals surface area contributed by atoms with Crippen LogP contribution in [-0.2, 0) is 0 Å². The lowest BCUT2D eigenvalue weighted by molar-refractivity contribution is 0.400. The smallest absolute Gasteiger partial charge is 0.122 e. The van der Waals surface area contributed by atoms with Gasteiger partial charge in [0.25, 0.3) is 0 Å². The molecule has 1 atom stereocenters. The first-order valence-corrected chi connectivity index (χ1v) is 3.78. The summed E-state index contributed by atoms with van der Waals surface area (Å²) in [6.07, 6.45) is 5.26. The van der Waals surface area contributed by atoms with Gasteiger partial charge in [0.2, 0.25) is 0 Å². The monoisotopic (exact) mass is 142 g/mol. The maximum Gasteiger partial charge on any atom is 0.122 e. The van der Waals surface area contributed by atoms with Crippen LogP contribution in [0.4, 0.5) is 4.39 Å². The molecule has 0 spiro atoms. The van der Waals surface area contributed by atoms with Gasteiger partial charge in [0.15, 0.2) is 0 Å². The molecule has 1 heteroatoms. The molecular weight excluding hydrogens is 127 g/mol. The van der Waals surface area contributed by atoms with Crippen molar-refractivity contribution < 1.29 is 4.39 Å². The molecule has 0 N–H and O–H groups in total. The van der Waals surface area contributed by atoms with E-state index in [1.165, 1.54) is 0 Å². The first-order valence-electron chi connectivity index (χ1n) is 3.78. The normalized spacial score (nSPS) is 22.8. The van der Waals surface area contributed by atoms with Crippen molar-refractivity contribution in [3.63, 3.8) is 0 Å². The van der Waals surface area contributed by atoms with Crippen molar-refractivity contribution in [2.24, 2.45) is 0 Å². The fraction of sp³-hybridized carbons (Fsp3) is 0.556. The largest absolute Gasteiger partial charge is 0.243 e. The summed E-state index contributed by atoms with van der Waals surface area (Å²) in [5, 5.41) is 0. The van der Waals surface area contributed by atoms with Crippen molar-refractivity contribution in [1.29, 1.82) is 0 Å². The van der Waals surface area contributed by atoms with Crippen LogP contribution in [0, 0.1) is 0 Å². The van der Waals surface area contributed by atoms with E-state index < -0.39 is 6.17 Å². The molecule has 0 nitrogen and oxygen atoms in total. The van der Waals surface area contributed by atoms with E-state index in [0.29, 0.717) is 6.42 Å². The Hall–Kier alpha value is -0.590. The number of alkyl halides is 1. The van der Waals surface area contributed by atoms with Crippen LogP contribution in [-0.4, -0.2) is 6.17 Å². The minimum atomic E-state index is -0.736. The van der Waals surface area contributed by atoms with Gasteiger partial charge in [0.05, 0.1) is 0 Å². The van der Waals surface area contributed by atoms with Crippen molar-refractivity contribution in [1.82, 2.24) is 0 Å². The molecule has 0 radical (unpaired) electrons. The van der Waals surface area contributed by atoms with Crippen LogP contribution in [0.3, 0.4) is 0 Å². The molecule has 58 valence electrons. The molecule has 0 amide bonds. The Balaban J connectivity index is 0.000000371. The van der Waals surface area contributed by atoms with Crippen molar-refractivity contribution in [2.45, 2.75) is 33.4 Å². The van der Waals surface area contributed by atoms with Crippen LogP contribution in [0.25, 0.3) is 0 Å². The maximum absolute atomic E-state index is 12.3. The Kier molecular flexibility index (Phi) is 4.91. The van der Waals surface area contributed by atoms with Gasteiger partial charge in [-0.2, -0.15) is 0 Å². The third-order valence-corrected chi connectivity index (χ3v) is 1.19. The van der Waals surface area contributed by atoms with Crippen LogP contribution >= 0.6 is 0 Å². The molecule has 1 aliphatic carbocycles. The fourth-order valence-corrected chi connectivity index (χ4v) is 0.793. The summed E-state index contributed by atoms with van der Waals surface area (Å²) in [6.45, 7) is 5.90. The highest BCUT2D eigenvalue weighted by Crippen LogP contribution is 2.11. The number of rotatable bonds is 0. The SMILES string of the molecule is CC.CC1=CC(F)CC=C1. The molecule has 1 unspecified atom stereocenters. The summed E-state index contributed by atoms with van der Waals surface area (Å²) in [4.78, 5) is 0. The Labute approximate surface area is 62.4 Å². The van der Waals surface area contributed by atoms with Crippen LogP contribution < -0.4 is 0 Å². The first-order chi connectivity index (χ1) is 4.79. The fourth-order valence-electron chi connectivity index (χ4n) is 0.793. The van der Waals surface area contributed by atoms with Gasteiger partial charge in [-0.25, -0.2) is 4.39 Å². The number of hydrogen-bond donors (Lipinski definition) is 0. The van der Waals surface area contributed by atoms with E-state index in [4.69, 9.17) is 0 Å². The van der Waals surface area contributed by atoms with Gasteiger partial charge in [-0.3, -0.25) is 0 Å². The lowest BCUT2D eigenvalue weighted by atomic mass is 10.1.